The number of hydrogen-bond acceptors (Lipinski definition) is 2. The molecular formula is C11H8BrFOS. The smallest absolute Gasteiger partial charge is 0.123 e. The Bertz CT molecular complexity index is 438. The lowest BCUT2D eigenvalue weighted by atomic mass is 10.3. The van der Waals surface area contributed by atoms with Crippen LogP contribution in [0.15, 0.2) is 39.5 Å². The lowest BCUT2D eigenvalue weighted by molar-refractivity contribution is 0.306. The molecule has 2 rings (SSSR count). The lowest BCUT2D eigenvalue weighted by Gasteiger charge is -2.03. The van der Waals surface area contributed by atoms with Crippen molar-refractivity contribution in [3.8, 4) is 5.75 Å². The SMILES string of the molecule is Fc1ccc(OCc2csc(Br)c2)cc1. The van der Waals surface area contributed by atoms with Crippen LogP contribution in [0.3, 0.4) is 0 Å². The molecule has 0 aliphatic heterocycles. The van der Waals surface area contributed by atoms with Gasteiger partial charge in [0.15, 0.2) is 0 Å². The summed E-state index contributed by atoms with van der Waals surface area (Å²) < 4.78 is 19.2. The normalized spacial score (nSPS) is 10.3. The van der Waals surface area contributed by atoms with Crippen molar-refractivity contribution < 1.29 is 9.13 Å². The average Bonchev–Trinajstić information content (AvgIpc) is 2.64. The maximum Gasteiger partial charge on any atom is 0.123 e. The van der Waals surface area contributed by atoms with Crippen LogP contribution in [0.25, 0.3) is 0 Å². The van der Waals surface area contributed by atoms with E-state index >= 15 is 0 Å². The minimum Gasteiger partial charge on any atom is -0.489 e. The third-order valence-corrected chi connectivity index (χ3v) is 3.39. The summed E-state index contributed by atoms with van der Waals surface area (Å²) in [7, 11) is 0. The molecule has 1 heterocycles. The molecule has 1 aromatic heterocycles. The topological polar surface area (TPSA) is 9.23 Å². The zero-order chi connectivity index (χ0) is 10.7. The van der Waals surface area contributed by atoms with Crippen LogP contribution < -0.4 is 4.74 Å². The molecule has 1 nitrogen and oxygen atoms in total. The fraction of sp³-hybridized carbons (Fsp3) is 0.0909. The third-order valence-electron chi connectivity index (χ3n) is 1.84. The molecule has 1 aromatic carbocycles. The Kier molecular flexibility index (Phi) is 3.38. The molecular weight excluding hydrogens is 279 g/mol. The van der Waals surface area contributed by atoms with Crippen LogP contribution in [-0.2, 0) is 6.61 Å². The van der Waals surface area contributed by atoms with Gasteiger partial charge in [-0.3, -0.25) is 0 Å². The van der Waals surface area contributed by atoms with Gasteiger partial charge in [0.25, 0.3) is 0 Å². The first-order chi connectivity index (χ1) is 7.24. The second-order valence-corrected chi connectivity index (χ2v) is 5.29. The van der Waals surface area contributed by atoms with Gasteiger partial charge in [-0.2, -0.15) is 0 Å². The lowest BCUT2D eigenvalue weighted by Crippen LogP contribution is -1.93. The Labute approximate surface area is 99.6 Å². The number of ether oxygens (including phenoxy) is 1. The van der Waals surface area contributed by atoms with Gasteiger partial charge in [0.1, 0.15) is 18.2 Å². The van der Waals surface area contributed by atoms with Crippen molar-refractivity contribution in [3.05, 3.63) is 50.9 Å². The van der Waals surface area contributed by atoms with Crippen LogP contribution in [0.2, 0.25) is 0 Å². The highest BCUT2D eigenvalue weighted by Gasteiger charge is 1.99. The zero-order valence-corrected chi connectivity index (χ0v) is 10.1. The summed E-state index contributed by atoms with van der Waals surface area (Å²) in [6.45, 7) is 0.508. The van der Waals surface area contributed by atoms with E-state index in [1.54, 1.807) is 23.5 Å². The number of hydrogen-bond donors (Lipinski definition) is 0. The van der Waals surface area contributed by atoms with Crippen LogP contribution >= 0.6 is 27.3 Å². The van der Waals surface area contributed by atoms with Gasteiger partial charge < -0.3 is 4.74 Å². The van der Waals surface area contributed by atoms with Crippen molar-refractivity contribution in [2.75, 3.05) is 0 Å². The maximum absolute atomic E-state index is 12.6. The molecule has 0 saturated heterocycles. The van der Waals surface area contributed by atoms with Crippen LogP contribution in [0.4, 0.5) is 4.39 Å². The summed E-state index contributed by atoms with van der Waals surface area (Å²) in [6, 6.07) is 8.03. The van der Waals surface area contributed by atoms with Gasteiger partial charge in [-0.15, -0.1) is 11.3 Å². The van der Waals surface area contributed by atoms with E-state index in [2.05, 4.69) is 15.9 Å². The molecule has 78 valence electrons. The van der Waals surface area contributed by atoms with Gasteiger partial charge in [0.2, 0.25) is 0 Å². The van der Waals surface area contributed by atoms with Crippen LogP contribution in [0.1, 0.15) is 5.56 Å². The Morgan fingerprint density at radius 3 is 2.60 bits per heavy atom. The Hall–Kier alpha value is -0.870. The Morgan fingerprint density at radius 2 is 2.00 bits per heavy atom. The zero-order valence-electron chi connectivity index (χ0n) is 7.74. The van der Waals surface area contributed by atoms with Crippen LogP contribution in [0.5, 0.6) is 5.75 Å². The molecule has 0 aliphatic carbocycles. The van der Waals surface area contributed by atoms with Crippen molar-refractivity contribution in [1.82, 2.24) is 0 Å². The third kappa shape index (κ3) is 3.04. The van der Waals surface area contributed by atoms with Crippen LogP contribution in [0, 0.1) is 5.82 Å². The molecule has 2 aromatic rings. The van der Waals surface area contributed by atoms with Gasteiger partial charge in [-0.1, -0.05) is 0 Å². The summed E-state index contributed by atoms with van der Waals surface area (Å²) in [5.41, 5.74) is 1.11. The van der Waals surface area contributed by atoms with E-state index in [1.807, 2.05) is 11.4 Å². The van der Waals surface area contributed by atoms with Crippen molar-refractivity contribution in [2.45, 2.75) is 6.61 Å². The second-order valence-electron chi connectivity index (χ2n) is 3.00. The summed E-state index contributed by atoms with van der Waals surface area (Å²) in [4.78, 5) is 0. The molecule has 0 amide bonds. The van der Waals surface area contributed by atoms with E-state index in [9.17, 15) is 4.39 Å². The van der Waals surface area contributed by atoms with Gasteiger partial charge in [-0.25, -0.2) is 4.39 Å². The first-order valence-corrected chi connectivity index (χ1v) is 6.02. The summed E-state index contributed by atoms with van der Waals surface area (Å²) >= 11 is 5.00. The minimum atomic E-state index is -0.249. The second kappa shape index (κ2) is 4.77. The molecule has 0 atom stereocenters. The number of benzene rings is 1. The predicted molar refractivity (Wildman–Crippen MR) is 62.8 cm³/mol. The molecule has 0 unspecified atom stereocenters. The fourth-order valence-corrected chi connectivity index (χ4v) is 2.31. The van der Waals surface area contributed by atoms with Crippen molar-refractivity contribution in [1.29, 1.82) is 0 Å². The highest BCUT2D eigenvalue weighted by atomic mass is 79.9. The van der Waals surface area contributed by atoms with Crippen molar-refractivity contribution in [3.63, 3.8) is 0 Å². The molecule has 0 N–H and O–H groups in total. The number of rotatable bonds is 3. The largest absolute Gasteiger partial charge is 0.489 e. The van der Waals surface area contributed by atoms with E-state index in [0.29, 0.717) is 12.4 Å². The standard InChI is InChI=1S/C11H8BrFOS/c12-11-5-8(7-15-11)6-14-10-3-1-9(13)2-4-10/h1-5,7H,6H2. The van der Waals surface area contributed by atoms with E-state index in [1.165, 1.54) is 12.1 Å². The summed E-state index contributed by atoms with van der Waals surface area (Å²) in [6.07, 6.45) is 0. The van der Waals surface area contributed by atoms with E-state index in [0.717, 1.165) is 9.35 Å². The monoisotopic (exact) mass is 286 g/mol. The van der Waals surface area contributed by atoms with E-state index in [4.69, 9.17) is 4.74 Å². The highest BCUT2D eigenvalue weighted by Crippen LogP contribution is 2.22. The highest BCUT2D eigenvalue weighted by molar-refractivity contribution is 9.11. The molecule has 0 spiro atoms. The molecule has 0 bridgehead atoms. The van der Waals surface area contributed by atoms with Gasteiger partial charge in [-0.05, 0) is 51.6 Å². The summed E-state index contributed by atoms with van der Waals surface area (Å²) in [5, 5.41) is 2.02. The van der Waals surface area contributed by atoms with Crippen LogP contribution in [-0.4, -0.2) is 0 Å². The minimum absolute atomic E-state index is 0.249. The molecule has 0 radical (unpaired) electrons. The fourth-order valence-electron chi connectivity index (χ4n) is 1.12. The van der Waals surface area contributed by atoms with Gasteiger partial charge >= 0.3 is 0 Å². The van der Waals surface area contributed by atoms with Crippen molar-refractivity contribution >= 4 is 27.3 Å². The van der Waals surface area contributed by atoms with Gasteiger partial charge in [0.05, 0.1) is 3.79 Å². The van der Waals surface area contributed by atoms with Crippen molar-refractivity contribution in [2.24, 2.45) is 0 Å². The Balaban J connectivity index is 1.96. The molecule has 15 heavy (non-hydrogen) atoms. The first kappa shape index (κ1) is 10.6. The maximum atomic E-state index is 12.6. The molecule has 0 aliphatic rings. The summed E-state index contributed by atoms with van der Waals surface area (Å²) in [5.74, 6) is 0.430. The number of thiophene rings is 1. The number of halogens is 2. The molecule has 0 saturated carbocycles. The predicted octanol–water partition coefficient (Wildman–Crippen LogP) is 4.23. The Morgan fingerprint density at radius 1 is 1.27 bits per heavy atom. The quantitative estimate of drug-likeness (QED) is 0.821. The molecule has 0 fully saturated rings. The average molecular weight is 287 g/mol. The first-order valence-electron chi connectivity index (χ1n) is 4.35. The molecule has 4 heteroatoms. The van der Waals surface area contributed by atoms with E-state index < -0.39 is 0 Å². The van der Waals surface area contributed by atoms with Gasteiger partial charge in [0, 0.05) is 5.56 Å². The van der Waals surface area contributed by atoms with E-state index in [-0.39, 0.29) is 5.82 Å².